The summed E-state index contributed by atoms with van der Waals surface area (Å²) in [6.07, 6.45) is 1.79. The highest BCUT2D eigenvalue weighted by Crippen LogP contribution is 2.14. The molecule has 108 valence electrons. The zero-order valence-electron chi connectivity index (χ0n) is 11.7. The number of benzene rings is 1. The van der Waals surface area contributed by atoms with Gasteiger partial charge in [-0.25, -0.2) is 0 Å². The Morgan fingerprint density at radius 2 is 2.05 bits per heavy atom. The van der Waals surface area contributed by atoms with E-state index in [4.69, 9.17) is 0 Å². The second-order valence-corrected chi connectivity index (χ2v) is 5.01. The van der Waals surface area contributed by atoms with E-state index in [9.17, 15) is 9.59 Å². The smallest absolute Gasteiger partial charge is 0.251 e. The van der Waals surface area contributed by atoms with Crippen molar-refractivity contribution in [1.29, 1.82) is 0 Å². The number of carbonyl (C=O) groups excluding carboxylic acids is 2. The van der Waals surface area contributed by atoms with Crippen LogP contribution in [0.3, 0.4) is 0 Å². The topological polar surface area (TPSA) is 70.2 Å². The van der Waals surface area contributed by atoms with Gasteiger partial charge in [0, 0.05) is 24.3 Å². The van der Waals surface area contributed by atoms with E-state index in [1.807, 2.05) is 6.92 Å². The molecule has 0 aliphatic carbocycles. The van der Waals surface area contributed by atoms with Gasteiger partial charge >= 0.3 is 0 Å². The molecule has 1 aromatic rings. The molecule has 2 amide bonds. The molecule has 1 saturated heterocycles. The lowest BCUT2D eigenvalue weighted by Crippen LogP contribution is -2.25. The van der Waals surface area contributed by atoms with Gasteiger partial charge in [-0.15, -0.1) is 0 Å². The fourth-order valence-corrected chi connectivity index (χ4v) is 2.17. The van der Waals surface area contributed by atoms with Gasteiger partial charge in [0.2, 0.25) is 5.91 Å². The average Bonchev–Trinajstić information content (AvgIpc) is 3.00. The molecule has 0 spiro atoms. The molecular formula is C15H21N3O2. The van der Waals surface area contributed by atoms with Gasteiger partial charge in [0.1, 0.15) is 0 Å². The van der Waals surface area contributed by atoms with Crippen molar-refractivity contribution in [3.05, 3.63) is 29.8 Å². The minimum absolute atomic E-state index is 0.0400. The molecule has 5 nitrogen and oxygen atoms in total. The SMILES string of the molecule is CCCNC(=O)c1ccc(NC(=O)C2CCNC2)cc1. The van der Waals surface area contributed by atoms with Crippen LogP contribution >= 0.6 is 0 Å². The van der Waals surface area contributed by atoms with Gasteiger partial charge in [-0.3, -0.25) is 9.59 Å². The quantitative estimate of drug-likeness (QED) is 0.760. The van der Waals surface area contributed by atoms with Gasteiger partial charge in [-0.1, -0.05) is 6.92 Å². The Bertz CT molecular complexity index is 465. The molecule has 1 aromatic carbocycles. The van der Waals surface area contributed by atoms with Crippen LogP contribution in [0.15, 0.2) is 24.3 Å². The first-order valence-electron chi connectivity index (χ1n) is 7.10. The lowest BCUT2D eigenvalue weighted by atomic mass is 10.1. The molecule has 1 unspecified atom stereocenters. The van der Waals surface area contributed by atoms with Crippen molar-refractivity contribution < 1.29 is 9.59 Å². The van der Waals surface area contributed by atoms with E-state index >= 15 is 0 Å². The third-order valence-corrected chi connectivity index (χ3v) is 3.38. The standard InChI is InChI=1S/C15H21N3O2/c1-2-8-17-14(19)11-3-5-13(6-4-11)18-15(20)12-7-9-16-10-12/h3-6,12,16H,2,7-10H2,1H3,(H,17,19)(H,18,20). The van der Waals surface area contributed by atoms with Crippen LogP contribution in [-0.2, 0) is 4.79 Å². The van der Waals surface area contributed by atoms with E-state index in [2.05, 4.69) is 16.0 Å². The number of hydrogen-bond acceptors (Lipinski definition) is 3. The number of anilines is 1. The monoisotopic (exact) mass is 275 g/mol. The molecule has 2 rings (SSSR count). The van der Waals surface area contributed by atoms with Gasteiger partial charge in [0.05, 0.1) is 5.92 Å². The normalized spacial score (nSPS) is 17.8. The Kier molecular flexibility index (Phi) is 5.12. The predicted molar refractivity (Wildman–Crippen MR) is 78.7 cm³/mol. The van der Waals surface area contributed by atoms with Crippen LogP contribution in [-0.4, -0.2) is 31.4 Å². The van der Waals surface area contributed by atoms with E-state index in [0.717, 1.165) is 31.6 Å². The first-order valence-corrected chi connectivity index (χ1v) is 7.10. The number of hydrogen-bond donors (Lipinski definition) is 3. The molecule has 1 heterocycles. The van der Waals surface area contributed by atoms with E-state index in [-0.39, 0.29) is 17.7 Å². The van der Waals surface area contributed by atoms with Crippen molar-refractivity contribution in [3.63, 3.8) is 0 Å². The Morgan fingerprint density at radius 1 is 1.30 bits per heavy atom. The summed E-state index contributed by atoms with van der Waals surface area (Å²) in [4.78, 5) is 23.7. The molecule has 1 fully saturated rings. The molecule has 3 N–H and O–H groups in total. The summed E-state index contributed by atoms with van der Waals surface area (Å²) in [6, 6.07) is 6.99. The average molecular weight is 275 g/mol. The number of amides is 2. The molecule has 0 saturated carbocycles. The highest BCUT2D eigenvalue weighted by Gasteiger charge is 2.22. The second-order valence-electron chi connectivity index (χ2n) is 5.01. The number of carbonyl (C=O) groups is 2. The van der Waals surface area contributed by atoms with Crippen LogP contribution in [0.2, 0.25) is 0 Å². The summed E-state index contributed by atoms with van der Waals surface area (Å²) in [5.41, 5.74) is 1.34. The Morgan fingerprint density at radius 3 is 2.65 bits per heavy atom. The van der Waals surface area contributed by atoms with E-state index < -0.39 is 0 Å². The van der Waals surface area contributed by atoms with E-state index in [0.29, 0.717) is 12.1 Å². The molecule has 20 heavy (non-hydrogen) atoms. The maximum absolute atomic E-state index is 11.9. The van der Waals surface area contributed by atoms with E-state index in [1.165, 1.54) is 0 Å². The summed E-state index contributed by atoms with van der Waals surface area (Å²) in [5.74, 6) is 0.00503. The van der Waals surface area contributed by atoms with Crippen LogP contribution < -0.4 is 16.0 Å². The highest BCUT2D eigenvalue weighted by molar-refractivity contribution is 5.96. The van der Waals surface area contributed by atoms with Crippen molar-refractivity contribution >= 4 is 17.5 Å². The molecule has 1 atom stereocenters. The summed E-state index contributed by atoms with van der Waals surface area (Å²) in [5, 5.41) is 8.87. The Hall–Kier alpha value is -1.88. The minimum Gasteiger partial charge on any atom is -0.352 e. The molecule has 5 heteroatoms. The Balaban J connectivity index is 1.90. The molecule has 1 aliphatic heterocycles. The fourth-order valence-electron chi connectivity index (χ4n) is 2.17. The number of rotatable bonds is 5. The third kappa shape index (κ3) is 3.81. The largest absolute Gasteiger partial charge is 0.352 e. The van der Waals surface area contributed by atoms with Crippen LogP contribution in [0.25, 0.3) is 0 Å². The Labute approximate surface area is 119 Å². The molecule has 0 aromatic heterocycles. The van der Waals surface area contributed by atoms with Crippen molar-refractivity contribution in [1.82, 2.24) is 10.6 Å². The lowest BCUT2D eigenvalue weighted by molar-refractivity contribution is -0.119. The summed E-state index contributed by atoms with van der Waals surface area (Å²) in [7, 11) is 0. The molecule has 0 bridgehead atoms. The van der Waals surface area contributed by atoms with Crippen LogP contribution in [0.5, 0.6) is 0 Å². The molecule has 1 aliphatic rings. The van der Waals surface area contributed by atoms with Crippen molar-refractivity contribution in [3.8, 4) is 0 Å². The van der Waals surface area contributed by atoms with Crippen molar-refractivity contribution in [2.75, 3.05) is 25.0 Å². The van der Waals surface area contributed by atoms with Gasteiger partial charge in [0.25, 0.3) is 5.91 Å². The maximum Gasteiger partial charge on any atom is 0.251 e. The maximum atomic E-state index is 11.9. The van der Waals surface area contributed by atoms with Gasteiger partial charge in [-0.05, 0) is 43.7 Å². The summed E-state index contributed by atoms with van der Waals surface area (Å²) in [6.45, 7) is 4.32. The highest BCUT2D eigenvalue weighted by atomic mass is 16.2. The zero-order chi connectivity index (χ0) is 14.4. The molecule has 0 radical (unpaired) electrons. The predicted octanol–water partition coefficient (Wildman–Crippen LogP) is 1.37. The summed E-state index contributed by atoms with van der Waals surface area (Å²) < 4.78 is 0. The first kappa shape index (κ1) is 14.5. The third-order valence-electron chi connectivity index (χ3n) is 3.38. The number of nitrogens with one attached hydrogen (secondary N) is 3. The van der Waals surface area contributed by atoms with Crippen LogP contribution in [0.1, 0.15) is 30.1 Å². The van der Waals surface area contributed by atoms with Gasteiger partial charge in [0.15, 0.2) is 0 Å². The van der Waals surface area contributed by atoms with Crippen molar-refractivity contribution in [2.24, 2.45) is 5.92 Å². The first-order chi connectivity index (χ1) is 9.70. The van der Waals surface area contributed by atoms with E-state index in [1.54, 1.807) is 24.3 Å². The zero-order valence-corrected chi connectivity index (χ0v) is 11.7. The van der Waals surface area contributed by atoms with Gasteiger partial charge < -0.3 is 16.0 Å². The summed E-state index contributed by atoms with van der Waals surface area (Å²) >= 11 is 0. The fraction of sp³-hybridized carbons (Fsp3) is 0.467. The van der Waals surface area contributed by atoms with Crippen LogP contribution in [0.4, 0.5) is 5.69 Å². The van der Waals surface area contributed by atoms with Gasteiger partial charge in [-0.2, -0.15) is 0 Å². The van der Waals surface area contributed by atoms with Crippen molar-refractivity contribution in [2.45, 2.75) is 19.8 Å². The van der Waals surface area contributed by atoms with Crippen LogP contribution in [0, 0.1) is 5.92 Å². The minimum atomic E-state index is -0.0790. The lowest BCUT2D eigenvalue weighted by Gasteiger charge is -2.10. The second kappa shape index (κ2) is 7.05. The molecular weight excluding hydrogens is 254 g/mol.